The molecule has 2 aliphatic rings. The first-order valence-electron chi connectivity index (χ1n) is 11.0. The molecule has 1 aromatic carbocycles. The minimum absolute atomic E-state index is 0.0423. The Hall–Kier alpha value is -2.87. The van der Waals surface area contributed by atoms with Gasteiger partial charge in [0.2, 0.25) is 0 Å². The van der Waals surface area contributed by atoms with Crippen LogP contribution in [0.1, 0.15) is 59.3 Å². The summed E-state index contributed by atoms with van der Waals surface area (Å²) in [6.45, 7) is 4.15. The smallest absolute Gasteiger partial charge is 0.252 e. The zero-order valence-corrected chi connectivity index (χ0v) is 17.6. The van der Waals surface area contributed by atoms with Gasteiger partial charge in [-0.3, -0.25) is 9.78 Å². The zero-order chi connectivity index (χ0) is 21.4. The lowest BCUT2D eigenvalue weighted by molar-refractivity contribution is 0.0826. The second-order valence-electron chi connectivity index (χ2n) is 8.48. The highest BCUT2D eigenvalue weighted by Crippen LogP contribution is 2.28. The lowest BCUT2D eigenvalue weighted by Gasteiger charge is -2.22. The van der Waals surface area contributed by atoms with Crippen molar-refractivity contribution in [1.82, 2.24) is 25.1 Å². The van der Waals surface area contributed by atoms with E-state index in [0.29, 0.717) is 28.1 Å². The quantitative estimate of drug-likeness (QED) is 0.699. The van der Waals surface area contributed by atoms with Gasteiger partial charge < -0.3 is 14.6 Å². The molecule has 8 heteroatoms. The van der Waals surface area contributed by atoms with Crippen LogP contribution in [0.15, 0.2) is 24.3 Å². The molecular weight excluding hydrogens is 397 g/mol. The highest BCUT2D eigenvalue weighted by atomic mass is 19.1. The topological polar surface area (TPSA) is 81.9 Å². The molecule has 4 heterocycles. The number of nitrogens with zero attached hydrogens (tertiary/aromatic N) is 4. The molecule has 1 fully saturated rings. The SMILES string of the molecule is Cc1cc(C(=O)NC2CCc3nnc(C4CCOCC4)n3CC2)c2ccc(F)cc2n1. The molecule has 0 spiro atoms. The van der Waals surface area contributed by atoms with Crippen molar-refractivity contribution in [3.05, 3.63) is 53.0 Å². The van der Waals surface area contributed by atoms with E-state index in [1.165, 1.54) is 12.1 Å². The monoisotopic (exact) mass is 423 g/mol. The van der Waals surface area contributed by atoms with Crippen LogP contribution in [0.4, 0.5) is 4.39 Å². The van der Waals surface area contributed by atoms with Gasteiger partial charge in [0.1, 0.15) is 17.5 Å². The first-order valence-corrected chi connectivity index (χ1v) is 11.0. The van der Waals surface area contributed by atoms with Crippen LogP contribution in [0.2, 0.25) is 0 Å². The average molecular weight is 423 g/mol. The van der Waals surface area contributed by atoms with Gasteiger partial charge in [0.15, 0.2) is 0 Å². The van der Waals surface area contributed by atoms with E-state index in [-0.39, 0.29) is 17.8 Å². The summed E-state index contributed by atoms with van der Waals surface area (Å²) in [6.07, 6.45) is 4.38. The van der Waals surface area contributed by atoms with Gasteiger partial charge in [-0.2, -0.15) is 0 Å². The van der Waals surface area contributed by atoms with Crippen molar-refractivity contribution in [1.29, 1.82) is 0 Å². The Morgan fingerprint density at radius 1 is 1.16 bits per heavy atom. The summed E-state index contributed by atoms with van der Waals surface area (Å²) in [7, 11) is 0. The average Bonchev–Trinajstić information content (AvgIpc) is 3.07. The van der Waals surface area contributed by atoms with Gasteiger partial charge in [0.25, 0.3) is 5.91 Å². The van der Waals surface area contributed by atoms with E-state index in [9.17, 15) is 9.18 Å². The van der Waals surface area contributed by atoms with E-state index in [0.717, 1.165) is 63.5 Å². The molecule has 1 unspecified atom stereocenters. The number of aryl methyl sites for hydroxylation is 2. The minimum atomic E-state index is -0.357. The number of halogens is 1. The molecular formula is C23H26FN5O2. The Kier molecular flexibility index (Phi) is 5.40. The standard InChI is InChI=1S/C23H26FN5O2/c1-14-12-19(18-4-2-16(24)13-20(18)25-14)23(30)26-17-3-5-21-27-28-22(29(21)9-6-17)15-7-10-31-11-8-15/h2,4,12-13,15,17H,3,5-11H2,1H3,(H,26,30). The number of carbonyl (C=O) groups excluding carboxylic acids is 1. The van der Waals surface area contributed by atoms with Crippen LogP contribution >= 0.6 is 0 Å². The Morgan fingerprint density at radius 3 is 2.84 bits per heavy atom. The maximum Gasteiger partial charge on any atom is 0.252 e. The fourth-order valence-corrected chi connectivity index (χ4v) is 4.70. The van der Waals surface area contributed by atoms with Crippen molar-refractivity contribution in [3.63, 3.8) is 0 Å². The summed E-state index contributed by atoms with van der Waals surface area (Å²) in [6, 6.07) is 6.17. The maximum atomic E-state index is 13.6. The van der Waals surface area contributed by atoms with Crippen molar-refractivity contribution in [2.45, 2.75) is 57.5 Å². The number of nitrogens with one attached hydrogen (secondary N) is 1. The number of aromatic nitrogens is 4. The van der Waals surface area contributed by atoms with Gasteiger partial charge in [-0.25, -0.2) is 4.39 Å². The number of amides is 1. The normalized spacial score (nSPS) is 19.7. The van der Waals surface area contributed by atoms with Crippen LogP contribution in [0.5, 0.6) is 0 Å². The first kappa shape index (κ1) is 20.1. The summed E-state index contributed by atoms with van der Waals surface area (Å²) in [5.74, 6) is 1.95. The third-order valence-electron chi connectivity index (χ3n) is 6.34. The zero-order valence-electron chi connectivity index (χ0n) is 17.6. The van der Waals surface area contributed by atoms with E-state index in [1.807, 2.05) is 6.92 Å². The van der Waals surface area contributed by atoms with Crippen LogP contribution in [-0.4, -0.2) is 44.9 Å². The maximum absolute atomic E-state index is 13.6. The Bertz CT molecular complexity index is 1120. The molecule has 1 saturated heterocycles. The molecule has 1 atom stereocenters. The fourth-order valence-electron chi connectivity index (χ4n) is 4.70. The van der Waals surface area contributed by atoms with Crippen molar-refractivity contribution in [2.75, 3.05) is 13.2 Å². The highest BCUT2D eigenvalue weighted by Gasteiger charge is 2.27. The van der Waals surface area contributed by atoms with Crippen LogP contribution in [-0.2, 0) is 17.7 Å². The largest absolute Gasteiger partial charge is 0.381 e. The van der Waals surface area contributed by atoms with Crippen LogP contribution < -0.4 is 5.32 Å². The molecule has 1 amide bonds. The summed E-state index contributed by atoms with van der Waals surface area (Å²) in [5, 5.41) is 12.8. The van der Waals surface area contributed by atoms with Crippen molar-refractivity contribution in [3.8, 4) is 0 Å². The number of fused-ring (bicyclic) bond motifs is 2. The molecule has 0 bridgehead atoms. The lowest BCUT2D eigenvalue weighted by atomic mass is 9.99. The molecule has 0 aliphatic carbocycles. The third kappa shape index (κ3) is 4.04. The molecule has 1 N–H and O–H groups in total. The molecule has 0 saturated carbocycles. The third-order valence-corrected chi connectivity index (χ3v) is 6.34. The highest BCUT2D eigenvalue weighted by molar-refractivity contribution is 6.06. The van der Waals surface area contributed by atoms with Gasteiger partial charge in [-0.1, -0.05) is 0 Å². The Labute approximate surface area is 180 Å². The van der Waals surface area contributed by atoms with E-state index < -0.39 is 0 Å². The van der Waals surface area contributed by atoms with Gasteiger partial charge in [-0.15, -0.1) is 10.2 Å². The van der Waals surface area contributed by atoms with Crippen LogP contribution in [0.3, 0.4) is 0 Å². The molecule has 0 radical (unpaired) electrons. The summed E-state index contributed by atoms with van der Waals surface area (Å²) in [5.41, 5.74) is 1.73. The molecule has 2 aromatic heterocycles. The Morgan fingerprint density at radius 2 is 2.00 bits per heavy atom. The number of benzene rings is 1. The van der Waals surface area contributed by atoms with Crippen molar-refractivity contribution >= 4 is 16.8 Å². The number of hydrogen-bond donors (Lipinski definition) is 1. The second-order valence-corrected chi connectivity index (χ2v) is 8.48. The first-order chi connectivity index (χ1) is 15.1. The molecule has 2 aliphatic heterocycles. The van der Waals surface area contributed by atoms with E-state index >= 15 is 0 Å². The lowest BCUT2D eigenvalue weighted by Crippen LogP contribution is -2.35. The van der Waals surface area contributed by atoms with Gasteiger partial charge in [-0.05, 0) is 50.8 Å². The predicted molar refractivity (Wildman–Crippen MR) is 113 cm³/mol. The fraction of sp³-hybridized carbons (Fsp3) is 0.478. The van der Waals surface area contributed by atoms with Crippen molar-refractivity contribution in [2.24, 2.45) is 0 Å². The second kappa shape index (κ2) is 8.34. The minimum Gasteiger partial charge on any atom is -0.381 e. The number of hydrogen-bond acceptors (Lipinski definition) is 5. The van der Waals surface area contributed by atoms with E-state index in [2.05, 4.69) is 25.1 Å². The van der Waals surface area contributed by atoms with Crippen molar-refractivity contribution < 1.29 is 13.9 Å². The summed E-state index contributed by atoms with van der Waals surface area (Å²) < 4.78 is 21.4. The molecule has 5 rings (SSSR count). The molecule has 7 nitrogen and oxygen atoms in total. The number of ether oxygens (including phenoxy) is 1. The Balaban J connectivity index is 1.32. The number of pyridine rings is 1. The predicted octanol–water partition coefficient (Wildman–Crippen LogP) is 3.30. The molecule has 162 valence electrons. The van der Waals surface area contributed by atoms with Gasteiger partial charge in [0.05, 0.1) is 11.1 Å². The van der Waals surface area contributed by atoms with Gasteiger partial charge in [0, 0.05) is 55.3 Å². The molecule has 3 aromatic rings. The van der Waals surface area contributed by atoms with Crippen LogP contribution in [0, 0.1) is 12.7 Å². The van der Waals surface area contributed by atoms with Crippen LogP contribution in [0.25, 0.3) is 10.9 Å². The summed E-state index contributed by atoms with van der Waals surface area (Å²) >= 11 is 0. The number of carbonyl (C=O) groups is 1. The van der Waals surface area contributed by atoms with E-state index in [4.69, 9.17) is 4.74 Å². The van der Waals surface area contributed by atoms with E-state index in [1.54, 1.807) is 12.1 Å². The van der Waals surface area contributed by atoms with Gasteiger partial charge >= 0.3 is 0 Å². The molecule has 31 heavy (non-hydrogen) atoms. The summed E-state index contributed by atoms with van der Waals surface area (Å²) in [4.78, 5) is 17.5. The number of rotatable bonds is 3.